The molecule has 0 bridgehead atoms. The van der Waals surface area contributed by atoms with Crippen LogP contribution in [0.25, 0.3) is 0 Å². The molecule has 0 fully saturated rings. The van der Waals surface area contributed by atoms with E-state index in [-0.39, 0.29) is 0 Å². The zero-order chi connectivity index (χ0) is 7.11. The van der Waals surface area contributed by atoms with Crippen LogP contribution in [-0.4, -0.2) is 7.11 Å². The van der Waals surface area contributed by atoms with Crippen molar-refractivity contribution < 1.29 is 4.74 Å². The van der Waals surface area contributed by atoms with E-state index < -0.39 is 0 Å². The largest absolute Gasteiger partial charge is 0.500 e. The van der Waals surface area contributed by atoms with Crippen LogP contribution >= 0.6 is 15.9 Å². The van der Waals surface area contributed by atoms with Gasteiger partial charge in [0, 0.05) is 11.4 Å². The van der Waals surface area contributed by atoms with E-state index in [9.17, 15) is 0 Å². The summed E-state index contributed by atoms with van der Waals surface area (Å²) in [5.74, 6) is 0.938. The van der Waals surface area contributed by atoms with Crippen molar-refractivity contribution in [2.45, 2.75) is 13.3 Å². The molecule has 52 valence electrons. The van der Waals surface area contributed by atoms with Gasteiger partial charge in [0.2, 0.25) is 0 Å². The molecule has 9 heavy (non-hydrogen) atoms. The highest BCUT2D eigenvalue weighted by Gasteiger charge is 1.87. The summed E-state index contributed by atoms with van der Waals surface area (Å²) in [5, 5.41) is 0. The van der Waals surface area contributed by atoms with Gasteiger partial charge in [-0.15, -0.1) is 0 Å². The van der Waals surface area contributed by atoms with E-state index in [4.69, 9.17) is 4.74 Å². The summed E-state index contributed by atoms with van der Waals surface area (Å²) < 4.78 is 4.96. The third kappa shape index (κ3) is 4.28. The van der Waals surface area contributed by atoms with Crippen molar-refractivity contribution >= 4 is 15.9 Å². The van der Waals surface area contributed by atoms with E-state index in [0.29, 0.717) is 0 Å². The van der Waals surface area contributed by atoms with Crippen molar-refractivity contribution in [3.63, 3.8) is 0 Å². The molecule has 0 saturated carbocycles. The van der Waals surface area contributed by atoms with Crippen LogP contribution in [0.1, 0.15) is 13.3 Å². The van der Waals surface area contributed by atoms with Crippen molar-refractivity contribution in [3.05, 3.63) is 22.9 Å². The molecule has 0 aliphatic rings. The van der Waals surface area contributed by atoms with Gasteiger partial charge in [-0.2, -0.15) is 0 Å². The van der Waals surface area contributed by atoms with Gasteiger partial charge in [0.1, 0.15) is 5.76 Å². The molecule has 0 rings (SSSR count). The SMILES string of the molecule is CC=CCC(=CBr)OC. The maximum absolute atomic E-state index is 4.96. The highest BCUT2D eigenvalue weighted by Crippen LogP contribution is 2.05. The summed E-state index contributed by atoms with van der Waals surface area (Å²) in [4.78, 5) is 1.78. The van der Waals surface area contributed by atoms with Crippen molar-refractivity contribution in [1.29, 1.82) is 0 Å². The second-order valence-electron chi connectivity index (χ2n) is 1.55. The summed E-state index contributed by atoms with van der Waals surface area (Å²) in [7, 11) is 1.66. The highest BCUT2D eigenvalue weighted by atomic mass is 79.9. The standard InChI is InChI=1S/C7H11BrO/c1-3-4-5-7(6-8)9-2/h3-4,6H,5H2,1-2H3. The van der Waals surface area contributed by atoms with Gasteiger partial charge in [0.25, 0.3) is 0 Å². The van der Waals surface area contributed by atoms with Crippen LogP contribution in [0.4, 0.5) is 0 Å². The van der Waals surface area contributed by atoms with E-state index in [1.807, 2.05) is 19.1 Å². The highest BCUT2D eigenvalue weighted by molar-refractivity contribution is 9.11. The minimum absolute atomic E-state index is 0.859. The number of hydrogen-bond donors (Lipinski definition) is 0. The zero-order valence-electron chi connectivity index (χ0n) is 5.73. The Morgan fingerprint density at radius 2 is 2.33 bits per heavy atom. The molecule has 0 radical (unpaired) electrons. The molecule has 2 heteroatoms. The first-order chi connectivity index (χ1) is 4.35. The van der Waals surface area contributed by atoms with Crippen molar-refractivity contribution in [2.75, 3.05) is 7.11 Å². The van der Waals surface area contributed by atoms with Crippen molar-refractivity contribution in [3.8, 4) is 0 Å². The number of hydrogen-bond acceptors (Lipinski definition) is 1. The number of halogens is 1. The van der Waals surface area contributed by atoms with Crippen LogP contribution in [0, 0.1) is 0 Å². The summed E-state index contributed by atoms with van der Waals surface area (Å²) >= 11 is 3.19. The number of methoxy groups -OCH3 is 1. The molecule has 0 aromatic heterocycles. The van der Waals surface area contributed by atoms with E-state index in [2.05, 4.69) is 15.9 Å². The fourth-order valence-corrected chi connectivity index (χ4v) is 0.780. The summed E-state index contributed by atoms with van der Waals surface area (Å²) in [6.45, 7) is 1.99. The number of rotatable bonds is 3. The van der Waals surface area contributed by atoms with Crippen LogP contribution in [0.15, 0.2) is 22.9 Å². The Kier molecular flexibility index (Phi) is 5.73. The van der Waals surface area contributed by atoms with Crippen LogP contribution in [0.3, 0.4) is 0 Å². The summed E-state index contributed by atoms with van der Waals surface area (Å²) in [6, 6.07) is 0. The van der Waals surface area contributed by atoms with Gasteiger partial charge >= 0.3 is 0 Å². The van der Waals surface area contributed by atoms with Gasteiger partial charge in [-0.25, -0.2) is 0 Å². The first-order valence-corrected chi connectivity index (χ1v) is 3.71. The van der Waals surface area contributed by atoms with Crippen LogP contribution in [0.2, 0.25) is 0 Å². The van der Waals surface area contributed by atoms with Gasteiger partial charge in [-0.1, -0.05) is 28.1 Å². The lowest BCUT2D eigenvalue weighted by atomic mass is 10.3. The normalized spacial score (nSPS) is 12.6. The lowest BCUT2D eigenvalue weighted by Crippen LogP contribution is -1.81. The second kappa shape index (κ2) is 5.89. The average Bonchev–Trinajstić information content (AvgIpc) is 1.91. The lowest BCUT2D eigenvalue weighted by Gasteiger charge is -1.98. The first kappa shape index (κ1) is 8.76. The maximum atomic E-state index is 4.96. The molecule has 0 amide bonds. The van der Waals surface area contributed by atoms with E-state index in [1.54, 1.807) is 12.1 Å². The van der Waals surface area contributed by atoms with Crippen molar-refractivity contribution in [2.24, 2.45) is 0 Å². The minimum Gasteiger partial charge on any atom is -0.500 e. The Labute approximate surface area is 64.5 Å². The lowest BCUT2D eigenvalue weighted by molar-refractivity contribution is 0.286. The molecule has 0 aromatic carbocycles. The fourth-order valence-electron chi connectivity index (χ4n) is 0.406. The molecule has 0 aliphatic carbocycles. The molecule has 0 spiro atoms. The first-order valence-electron chi connectivity index (χ1n) is 2.79. The average molecular weight is 191 g/mol. The summed E-state index contributed by atoms with van der Waals surface area (Å²) in [5.41, 5.74) is 0. The Balaban J connectivity index is 3.58. The third-order valence-electron chi connectivity index (χ3n) is 0.939. The molecule has 0 N–H and O–H groups in total. The molecule has 0 atom stereocenters. The molecule has 0 unspecified atom stereocenters. The van der Waals surface area contributed by atoms with Gasteiger partial charge in [0.05, 0.1) is 7.11 Å². The molecule has 0 aromatic rings. The van der Waals surface area contributed by atoms with Crippen LogP contribution in [0.5, 0.6) is 0 Å². The monoisotopic (exact) mass is 190 g/mol. The fraction of sp³-hybridized carbons (Fsp3) is 0.429. The Morgan fingerprint density at radius 1 is 1.67 bits per heavy atom. The second-order valence-corrected chi connectivity index (χ2v) is 2.01. The Morgan fingerprint density at radius 3 is 2.67 bits per heavy atom. The Bertz CT molecular complexity index is 116. The van der Waals surface area contributed by atoms with Gasteiger partial charge < -0.3 is 4.74 Å². The molecule has 1 nitrogen and oxygen atoms in total. The third-order valence-corrected chi connectivity index (χ3v) is 1.45. The smallest absolute Gasteiger partial charge is 0.106 e. The molecule has 0 saturated heterocycles. The van der Waals surface area contributed by atoms with Crippen LogP contribution < -0.4 is 0 Å². The zero-order valence-corrected chi connectivity index (χ0v) is 7.31. The van der Waals surface area contributed by atoms with Crippen molar-refractivity contribution in [1.82, 2.24) is 0 Å². The topological polar surface area (TPSA) is 9.23 Å². The van der Waals surface area contributed by atoms with Crippen LogP contribution in [-0.2, 0) is 4.74 Å². The molecule has 0 aliphatic heterocycles. The predicted octanol–water partition coefficient (Wildman–Crippen LogP) is 2.84. The van der Waals surface area contributed by atoms with E-state index >= 15 is 0 Å². The maximum Gasteiger partial charge on any atom is 0.106 e. The number of allylic oxidation sites excluding steroid dienone is 2. The molecule has 0 heterocycles. The minimum atomic E-state index is 0.859. The number of ether oxygens (including phenoxy) is 1. The van der Waals surface area contributed by atoms with Gasteiger partial charge in [-0.3, -0.25) is 0 Å². The van der Waals surface area contributed by atoms with Gasteiger partial charge in [-0.05, 0) is 6.92 Å². The Hall–Kier alpha value is -0.240. The van der Waals surface area contributed by atoms with Gasteiger partial charge in [0.15, 0.2) is 0 Å². The predicted molar refractivity (Wildman–Crippen MR) is 43.5 cm³/mol. The molecular formula is C7H11BrO. The summed E-state index contributed by atoms with van der Waals surface area (Å²) in [6.07, 6.45) is 4.89. The quantitative estimate of drug-likeness (QED) is 0.492. The van der Waals surface area contributed by atoms with E-state index in [0.717, 1.165) is 12.2 Å². The molecular weight excluding hydrogens is 180 g/mol. The van der Waals surface area contributed by atoms with E-state index in [1.165, 1.54) is 0 Å².